The minimum atomic E-state index is -6.11. The number of carbonyl (C=O) groups is 1. The van der Waals surface area contributed by atoms with Crippen LogP contribution in [0, 0.1) is 17.8 Å². The van der Waals surface area contributed by atoms with Crippen molar-refractivity contribution in [3.8, 4) is 0 Å². The Morgan fingerprint density at radius 2 is 1.82 bits per heavy atom. The normalized spacial score (nSPS) is 37.6. The first-order chi connectivity index (χ1) is 9.91. The number of hydrogen-bond acceptors (Lipinski definition) is 7. The number of hydrogen-bond donors (Lipinski definition) is 1. The Morgan fingerprint density at radius 3 is 2.41 bits per heavy atom. The van der Waals surface area contributed by atoms with Crippen LogP contribution >= 0.6 is 0 Å². The van der Waals surface area contributed by atoms with E-state index < -0.39 is 44.0 Å². The molecule has 8 nitrogen and oxygen atoms in total. The Hall–Kier alpha value is -0.920. The molecule has 0 radical (unpaired) electrons. The van der Waals surface area contributed by atoms with Crippen molar-refractivity contribution in [1.82, 2.24) is 4.13 Å². The van der Waals surface area contributed by atoms with Crippen LogP contribution in [0.3, 0.4) is 0 Å². The Kier molecular flexibility index (Phi) is 3.30. The SMILES string of the molecule is O=C1OC2C3CC(CC13)C2OS(=O)(=O)NS(=O)(=O)C(F)(F)F. The number of ether oxygens (including phenoxy) is 1. The molecule has 126 valence electrons. The fourth-order valence-electron chi connectivity index (χ4n) is 3.38. The van der Waals surface area contributed by atoms with Crippen LogP contribution in [0.15, 0.2) is 0 Å². The van der Waals surface area contributed by atoms with Gasteiger partial charge in [-0.1, -0.05) is 4.13 Å². The lowest BCUT2D eigenvalue weighted by atomic mass is 9.88. The molecule has 1 saturated heterocycles. The summed E-state index contributed by atoms with van der Waals surface area (Å²) in [5, 5.41) is 0. The predicted molar refractivity (Wildman–Crippen MR) is 61.5 cm³/mol. The molecule has 2 aliphatic carbocycles. The summed E-state index contributed by atoms with van der Waals surface area (Å²) >= 11 is 0. The number of fused-ring (bicyclic) bond motifs is 1. The van der Waals surface area contributed by atoms with Crippen molar-refractivity contribution in [3.63, 3.8) is 0 Å². The third-order valence-electron chi connectivity index (χ3n) is 4.17. The zero-order valence-corrected chi connectivity index (χ0v) is 12.2. The predicted octanol–water partition coefficient (Wildman–Crippen LogP) is -0.363. The van der Waals surface area contributed by atoms with Crippen LogP contribution in [-0.4, -0.2) is 40.5 Å². The van der Waals surface area contributed by atoms with Gasteiger partial charge in [0, 0.05) is 5.92 Å². The third-order valence-corrected chi connectivity index (χ3v) is 6.95. The second-order valence-electron chi connectivity index (χ2n) is 5.45. The molecule has 2 saturated carbocycles. The molecule has 13 heteroatoms. The monoisotopic (exact) mass is 365 g/mol. The highest BCUT2D eigenvalue weighted by Crippen LogP contribution is 2.55. The molecule has 0 spiro atoms. The number of halogens is 3. The van der Waals surface area contributed by atoms with Gasteiger partial charge in [0.15, 0.2) is 0 Å². The Labute approximate surface area is 123 Å². The van der Waals surface area contributed by atoms with Crippen molar-refractivity contribution in [2.24, 2.45) is 17.8 Å². The van der Waals surface area contributed by atoms with Crippen LogP contribution in [0.4, 0.5) is 13.2 Å². The lowest BCUT2D eigenvalue weighted by Gasteiger charge is -2.24. The number of rotatable bonds is 4. The maximum atomic E-state index is 12.2. The molecule has 0 amide bonds. The summed E-state index contributed by atoms with van der Waals surface area (Å²) in [6.07, 6.45) is -1.28. The van der Waals surface area contributed by atoms with Gasteiger partial charge in [0.05, 0.1) is 5.92 Å². The summed E-state index contributed by atoms with van der Waals surface area (Å²) in [6.45, 7) is 0. The zero-order valence-electron chi connectivity index (χ0n) is 10.6. The Balaban J connectivity index is 1.75. The quantitative estimate of drug-likeness (QED) is 0.676. The van der Waals surface area contributed by atoms with Crippen LogP contribution in [0.1, 0.15) is 12.8 Å². The van der Waals surface area contributed by atoms with Gasteiger partial charge in [-0.15, -0.1) is 0 Å². The van der Waals surface area contributed by atoms with E-state index >= 15 is 0 Å². The smallest absolute Gasteiger partial charge is 0.459 e. The average molecular weight is 365 g/mol. The molecule has 0 aromatic rings. The second-order valence-corrected chi connectivity index (χ2v) is 8.69. The van der Waals surface area contributed by atoms with Crippen molar-refractivity contribution < 1.29 is 43.7 Å². The molecule has 5 atom stereocenters. The van der Waals surface area contributed by atoms with E-state index in [1.54, 1.807) is 0 Å². The van der Waals surface area contributed by atoms with Crippen molar-refractivity contribution in [3.05, 3.63) is 0 Å². The molecule has 0 aromatic heterocycles. The van der Waals surface area contributed by atoms with E-state index in [1.165, 1.54) is 0 Å². The van der Waals surface area contributed by atoms with Crippen LogP contribution in [0.25, 0.3) is 0 Å². The Morgan fingerprint density at radius 1 is 1.18 bits per heavy atom. The maximum Gasteiger partial charge on any atom is 0.512 e. The van der Waals surface area contributed by atoms with Gasteiger partial charge < -0.3 is 4.74 Å². The van der Waals surface area contributed by atoms with Crippen molar-refractivity contribution >= 4 is 26.3 Å². The molecule has 3 fully saturated rings. The molecule has 0 aromatic carbocycles. The van der Waals surface area contributed by atoms with E-state index in [1.807, 2.05) is 0 Å². The number of alkyl halides is 3. The van der Waals surface area contributed by atoms with Gasteiger partial charge in [0.1, 0.15) is 12.2 Å². The van der Waals surface area contributed by atoms with E-state index in [2.05, 4.69) is 4.18 Å². The van der Waals surface area contributed by atoms with Gasteiger partial charge >= 0.3 is 31.8 Å². The number of nitrogens with one attached hydrogen (secondary N) is 1. The second kappa shape index (κ2) is 4.55. The first-order valence-electron chi connectivity index (χ1n) is 6.15. The lowest BCUT2D eigenvalue weighted by Crippen LogP contribution is -2.44. The largest absolute Gasteiger partial charge is 0.512 e. The molecule has 1 N–H and O–H groups in total. The van der Waals surface area contributed by atoms with Gasteiger partial charge in [-0.05, 0) is 18.8 Å². The summed E-state index contributed by atoms with van der Waals surface area (Å²) in [7, 11) is -11.3. The molecular formula is C9H10F3NO7S2. The summed E-state index contributed by atoms with van der Waals surface area (Å²) in [6, 6.07) is 0. The topological polar surface area (TPSA) is 116 Å². The molecule has 3 aliphatic rings. The van der Waals surface area contributed by atoms with Gasteiger partial charge in [-0.3, -0.25) is 4.79 Å². The molecular weight excluding hydrogens is 355 g/mol. The first kappa shape index (κ1) is 16.0. The fourth-order valence-corrected chi connectivity index (χ4v) is 5.55. The highest BCUT2D eigenvalue weighted by molar-refractivity contribution is 8.03. The Bertz CT molecular complexity index is 716. The van der Waals surface area contributed by atoms with Crippen LogP contribution < -0.4 is 4.13 Å². The van der Waals surface area contributed by atoms with E-state index in [0.717, 1.165) is 0 Å². The van der Waals surface area contributed by atoms with Gasteiger partial charge in [0.25, 0.3) is 0 Å². The fraction of sp³-hybridized carbons (Fsp3) is 0.889. The highest BCUT2D eigenvalue weighted by atomic mass is 32.3. The molecule has 1 heterocycles. The minimum Gasteiger partial charge on any atom is -0.459 e. The number of sulfonamides is 1. The minimum absolute atomic E-state index is 0.239. The van der Waals surface area contributed by atoms with Gasteiger partial charge in [-0.25, -0.2) is 12.6 Å². The molecule has 1 aliphatic heterocycles. The molecule has 22 heavy (non-hydrogen) atoms. The average Bonchev–Trinajstić information content (AvgIpc) is 2.90. The van der Waals surface area contributed by atoms with E-state index in [0.29, 0.717) is 17.0 Å². The van der Waals surface area contributed by atoms with Gasteiger partial charge in [0.2, 0.25) is 0 Å². The van der Waals surface area contributed by atoms with Crippen LogP contribution in [0.2, 0.25) is 0 Å². The summed E-state index contributed by atoms with van der Waals surface area (Å²) < 4.78 is 91.3. The van der Waals surface area contributed by atoms with Crippen LogP contribution in [0.5, 0.6) is 0 Å². The van der Waals surface area contributed by atoms with E-state index in [9.17, 15) is 34.8 Å². The van der Waals surface area contributed by atoms with E-state index in [-0.39, 0.29) is 17.8 Å². The zero-order chi connectivity index (χ0) is 16.5. The van der Waals surface area contributed by atoms with Crippen molar-refractivity contribution in [2.45, 2.75) is 30.6 Å². The van der Waals surface area contributed by atoms with Gasteiger partial charge in [-0.2, -0.15) is 21.6 Å². The maximum absolute atomic E-state index is 12.2. The summed E-state index contributed by atoms with van der Waals surface area (Å²) in [5.74, 6) is -1.45. The van der Waals surface area contributed by atoms with Crippen LogP contribution in [-0.2, 0) is 34.0 Å². The first-order valence-corrected chi connectivity index (χ1v) is 9.04. The molecule has 3 rings (SSSR count). The molecule has 2 bridgehead atoms. The van der Waals surface area contributed by atoms with Crippen molar-refractivity contribution in [2.75, 3.05) is 0 Å². The van der Waals surface area contributed by atoms with Crippen molar-refractivity contribution in [1.29, 1.82) is 0 Å². The summed E-state index contributed by atoms with van der Waals surface area (Å²) in [4.78, 5) is 11.5. The standard InChI is InChI=1S/C9H10F3NO7S2/c10-9(11,12)21(15,16)13-22(17,18)20-6-3-1-4-5(2-3)8(14)19-7(4)6/h3-7,13H,1-2H2. The van der Waals surface area contributed by atoms with E-state index in [4.69, 9.17) is 4.74 Å². The molecule has 5 unspecified atom stereocenters. The lowest BCUT2D eigenvalue weighted by molar-refractivity contribution is -0.145. The summed E-state index contributed by atoms with van der Waals surface area (Å²) in [5.41, 5.74) is -5.79. The third kappa shape index (κ3) is 2.39. The number of carbonyl (C=O) groups excluding carboxylic acids is 1. The highest BCUT2D eigenvalue weighted by Gasteiger charge is 2.63. The number of esters is 1.